The minimum atomic E-state index is -3.16. The van der Waals surface area contributed by atoms with Crippen LogP contribution in [0, 0.1) is 5.92 Å². The highest BCUT2D eigenvalue weighted by molar-refractivity contribution is 8.00. The maximum absolute atomic E-state index is 12.1. The molecule has 2 aliphatic rings. The molecule has 0 unspecified atom stereocenters. The van der Waals surface area contributed by atoms with E-state index in [4.69, 9.17) is 0 Å². The third kappa shape index (κ3) is 4.36. The van der Waals surface area contributed by atoms with Crippen molar-refractivity contribution in [1.29, 1.82) is 0 Å². The van der Waals surface area contributed by atoms with Gasteiger partial charge in [0, 0.05) is 17.9 Å². The number of carbonyl (C=O) groups is 3. The number of hydrogen-bond acceptors (Lipinski definition) is 6. The van der Waals surface area contributed by atoms with Crippen molar-refractivity contribution in [3.05, 3.63) is 24.3 Å². The number of rotatable bonds is 4. The Morgan fingerprint density at radius 3 is 2.73 bits per heavy atom. The molecule has 140 valence electrons. The molecule has 2 N–H and O–H groups in total. The van der Waals surface area contributed by atoms with E-state index in [1.165, 1.54) is 11.8 Å². The molecule has 26 heavy (non-hydrogen) atoms. The molecule has 0 aromatic heterocycles. The molecular weight excluding hydrogens is 378 g/mol. The number of hydrogen-bond donors (Lipinski definition) is 2. The van der Waals surface area contributed by atoms with Crippen LogP contribution in [0.5, 0.6) is 0 Å². The number of fused-ring (bicyclic) bond motifs is 1. The molecule has 0 aliphatic carbocycles. The number of para-hydroxylation sites is 1. The zero-order valence-corrected chi connectivity index (χ0v) is 15.6. The van der Waals surface area contributed by atoms with Gasteiger partial charge in [-0.15, -0.1) is 11.8 Å². The smallest absolute Gasteiger partial charge is 0.242 e. The summed E-state index contributed by atoms with van der Waals surface area (Å²) in [6.45, 7) is 0.204. The predicted molar refractivity (Wildman–Crippen MR) is 97.2 cm³/mol. The number of hydrazine groups is 1. The fourth-order valence-electron chi connectivity index (χ4n) is 2.91. The SMILES string of the molecule is O=C(CCN1C(=O)CSc2ccccc21)NNC(=O)[C@H]1CCS(=O)(=O)C1. The van der Waals surface area contributed by atoms with E-state index in [-0.39, 0.29) is 36.8 Å². The summed E-state index contributed by atoms with van der Waals surface area (Å²) >= 11 is 1.47. The summed E-state index contributed by atoms with van der Waals surface area (Å²) in [5.41, 5.74) is 5.34. The van der Waals surface area contributed by atoms with Gasteiger partial charge in [0.05, 0.1) is 28.9 Å². The van der Waals surface area contributed by atoms with E-state index < -0.39 is 27.6 Å². The van der Waals surface area contributed by atoms with Crippen molar-refractivity contribution in [3.8, 4) is 0 Å². The molecule has 1 atom stereocenters. The van der Waals surface area contributed by atoms with Crippen LogP contribution in [0.3, 0.4) is 0 Å². The zero-order valence-electron chi connectivity index (χ0n) is 13.9. The molecule has 1 aromatic rings. The Bertz CT molecular complexity index is 840. The number of carbonyl (C=O) groups excluding carboxylic acids is 3. The fourth-order valence-corrected chi connectivity index (χ4v) is 5.59. The maximum Gasteiger partial charge on any atom is 0.242 e. The van der Waals surface area contributed by atoms with E-state index in [1.807, 2.05) is 24.3 Å². The molecule has 3 rings (SSSR count). The van der Waals surface area contributed by atoms with Crippen LogP contribution < -0.4 is 15.8 Å². The van der Waals surface area contributed by atoms with E-state index in [0.29, 0.717) is 5.75 Å². The van der Waals surface area contributed by atoms with E-state index >= 15 is 0 Å². The van der Waals surface area contributed by atoms with Crippen molar-refractivity contribution >= 4 is 45.0 Å². The molecule has 1 saturated heterocycles. The highest BCUT2D eigenvalue weighted by atomic mass is 32.2. The average molecular weight is 397 g/mol. The summed E-state index contributed by atoms with van der Waals surface area (Å²) in [7, 11) is -3.16. The Hall–Kier alpha value is -2.07. The Kier molecular flexibility index (Phi) is 5.52. The Morgan fingerprint density at radius 2 is 2.00 bits per heavy atom. The molecule has 2 heterocycles. The predicted octanol–water partition coefficient (Wildman–Crippen LogP) is 0.0975. The van der Waals surface area contributed by atoms with Gasteiger partial charge in [-0.1, -0.05) is 12.1 Å². The van der Waals surface area contributed by atoms with E-state index in [2.05, 4.69) is 10.9 Å². The number of amides is 3. The Balaban J connectivity index is 1.49. The van der Waals surface area contributed by atoms with Crippen LogP contribution in [0.1, 0.15) is 12.8 Å². The van der Waals surface area contributed by atoms with Gasteiger partial charge in [-0.25, -0.2) is 8.42 Å². The van der Waals surface area contributed by atoms with Crippen molar-refractivity contribution in [2.75, 3.05) is 28.7 Å². The summed E-state index contributed by atoms with van der Waals surface area (Å²) in [4.78, 5) is 38.5. The lowest BCUT2D eigenvalue weighted by atomic mass is 10.1. The van der Waals surface area contributed by atoms with Gasteiger partial charge in [-0.05, 0) is 18.6 Å². The Labute approximate surface area is 155 Å². The lowest BCUT2D eigenvalue weighted by Gasteiger charge is -2.28. The monoisotopic (exact) mass is 397 g/mol. The summed E-state index contributed by atoms with van der Waals surface area (Å²) < 4.78 is 22.8. The number of benzene rings is 1. The van der Waals surface area contributed by atoms with E-state index in [1.54, 1.807) is 4.90 Å². The van der Waals surface area contributed by atoms with Crippen molar-refractivity contribution in [1.82, 2.24) is 10.9 Å². The second-order valence-electron chi connectivity index (χ2n) is 6.19. The lowest BCUT2D eigenvalue weighted by molar-refractivity contribution is -0.130. The van der Waals surface area contributed by atoms with Crippen LogP contribution >= 0.6 is 11.8 Å². The number of thioether (sulfide) groups is 1. The summed E-state index contributed by atoms with van der Waals surface area (Å²) in [5, 5.41) is 0. The molecule has 2 aliphatic heterocycles. The van der Waals surface area contributed by atoms with Gasteiger partial charge < -0.3 is 4.90 Å². The van der Waals surface area contributed by atoms with Crippen molar-refractivity contribution in [3.63, 3.8) is 0 Å². The van der Waals surface area contributed by atoms with E-state index in [9.17, 15) is 22.8 Å². The number of anilines is 1. The summed E-state index contributed by atoms with van der Waals surface area (Å²) in [6, 6.07) is 7.49. The Morgan fingerprint density at radius 1 is 1.23 bits per heavy atom. The number of sulfone groups is 1. The topological polar surface area (TPSA) is 113 Å². The highest BCUT2D eigenvalue weighted by Crippen LogP contribution is 2.34. The van der Waals surface area contributed by atoms with E-state index in [0.717, 1.165) is 10.6 Å². The third-order valence-electron chi connectivity index (χ3n) is 4.30. The minimum absolute atomic E-state index is 0.00642. The van der Waals surface area contributed by atoms with Crippen LogP contribution in [0.4, 0.5) is 5.69 Å². The second kappa shape index (κ2) is 7.67. The van der Waals surface area contributed by atoms with Gasteiger partial charge >= 0.3 is 0 Å². The first-order chi connectivity index (χ1) is 12.4. The van der Waals surface area contributed by atoms with Crippen LogP contribution in [0.2, 0.25) is 0 Å². The molecular formula is C16H19N3O5S2. The molecule has 0 radical (unpaired) electrons. The first-order valence-corrected chi connectivity index (χ1v) is 11.0. The molecule has 1 fully saturated rings. The van der Waals surface area contributed by atoms with Crippen molar-refractivity contribution in [2.45, 2.75) is 17.7 Å². The molecule has 0 bridgehead atoms. The maximum atomic E-state index is 12.1. The first-order valence-electron chi connectivity index (χ1n) is 8.17. The summed E-state index contributed by atoms with van der Waals surface area (Å²) in [6.07, 6.45) is 0.286. The first kappa shape index (κ1) is 18.7. The fraction of sp³-hybridized carbons (Fsp3) is 0.438. The number of nitrogens with zero attached hydrogens (tertiary/aromatic N) is 1. The van der Waals surface area contributed by atoms with Gasteiger partial charge in [0.15, 0.2) is 9.84 Å². The molecule has 10 heteroatoms. The van der Waals surface area contributed by atoms with Crippen LogP contribution in [0.15, 0.2) is 29.2 Å². The van der Waals surface area contributed by atoms with Gasteiger partial charge in [0.2, 0.25) is 17.7 Å². The van der Waals surface area contributed by atoms with Crippen molar-refractivity contribution in [2.24, 2.45) is 5.92 Å². The van der Waals surface area contributed by atoms with Gasteiger partial charge in [0.1, 0.15) is 0 Å². The molecule has 1 aromatic carbocycles. The second-order valence-corrected chi connectivity index (χ2v) is 9.44. The molecule has 3 amide bonds. The van der Waals surface area contributed by atoms with Gasteiger partial charge in [-0.3, -0.25) is 25.2 Å². The average Bonchev–Trinajstić information content (AvgIpc) is 2.98. The van der Waals surface area contributed by atoms with Gasteiger partial charge in [-0.2, -0.15) is 0 Å². The minimum Gasteiger partial charge on any atom is -0.310 e. The highest BCUT2D eigenvalue weighted by Gasteiger charge is 2.33. The molecule has 8 nitrogen and oxygen atoms in total. The quantitative estimate of drug-likeness (QED) is 0.697. The molecule has 0 saturated carbocycles. The molecule has 0 spiro atoms. The zero-order chi connectivity index (χ0) is 18.7. The standard InChI is InChI=1S/C16H19N3O5S2/c20-14(17-18-16(22)11-6-8-26(23,24)10-11)5-7-19-12-3-1-2-4-13(12)25-9-15(19)21/h1-4,11H,5-10H2,(H,17,20)(H,18,22)/t11-/m0/s1. The third-order valence-corrected chi connectivity index (χ3v) is 7.11. The lowest BCUT2D eigenvalue weighted by Crippen LogP contribution is -2.46. The largest absolute Gasteiger partial charge is 0.310 e. The van der Waals surface area contributed by atoms with Crippen LogP contribution in [0.25, 0.3) is 0 Å². The van der Waals surface area contributed by atoms with Crippen LogP contribution in [-0.4, -0.2) is 49.9 Å². The number of nitrogens with one attached hydrogen (secondary N) is 2. The normalized spacial score (nSPS) is 21.2. The van der Waals surface area contributed by atoms with Crippen LogP contribution in [-0.2, 0) is 24.2 Å². The summed E-state index contributed by atoms with van der Waals surface area (Å²) in [5.74, 6) is -1.52. The van der Waals surface area contributed by atoms with Gasteiger partial charge in [0.25, 0.3) is 0 Å². The van der Waals surface area contributed by atoms with Crippen molar-refractivity contribution < 1.29 is 22.8 Å².